The van der Waals surface area contributed by atoms with E-state index in [4.69, 9.17) is 4.74 Å². The van der Waals surface area contributed by atoms with Crippen LogP contribution in [0.15, 0.2) is 21.2 Å². The van der Waals surface area contributed by atoms with E-state index >= 15 is 0 Å². The van der Waals surface area contributed by atoms with E-state index in [0.29, 0.717) is 22.0 Å². The fourth-order valence-electron chi connectivity index (χ4n) is 1.48. The van der Waals surface area contributed by atoms with Crippen LogP contribution in [0, 0.1) is 6.92 Å². The smallest absolute Gasteiger partial charge is 0.321 e. The van der Waals surface area contributed by atoms with Crippen LogP contribution in [0.5, 0.6) is 6.01 Å². The SMILES string of the molecule is CCCNc1nc(OC)nc(Sc2nc(C)cc(=O)[nH]2)n1. The summed E-state index contributed by atoms with van der Waals surface area (Å²) in [5.74, 6) is 0.432. The summed E-state index contributed by atoms with van der Waals surface area (Å²) < 4.78 is 5.05. The van der Waals surface area contributed by atoms with Crippen molar-refractivity contribution in [3.63, 3.8) is 0 Å². The number of nitrogens with zero attached hydrogens (tertiary/aromatic N) is 4. The van der Waals surface area contributed by atoms with Gasteiger partial charge in [-0.2, -0.15) is 15.0 Å². The van der Waals surface area contributed by atoms with Gasteiger partial charge in [-0.3, -0.25) is 4.79 Å². The molecule has 2 N–H and O–H groups in total. The van der Waals surface area contributed by atoms with Crippen molar-refractivity contribution in [3.05, 3.63) is 22.1 Å². The maximum Gasteiger partial charge on any atom is 0.321 e. The summed E-state index contributed by atoms with van der Waals surface area (Å²) >= 11 is 1.14. The van der Waals surface area contributed by atoms with Crippen LogP contribution in [0.2, 0.25) is 0 Å². The molecule has 21 heavy (non-hydrogen) atoms. The number of methoxy groups -OCH3 is 1. The number of hydrogen-bond acceptors (Lipinski definition) is 8. The van der Waals surface area contributed by atoms with Crippen LogP contribution in [-0.2, 0) is 0 Å². The summed E-state index contributed by atoms with van der Waals surface area (Å²) in [6.45, 7) is 4.54. The lowest BCUT2D eigenvalue weighted by molar-refractivity contribution is 0.373. The van der Waals surface area contributed by atoms with Crippen molar-refractivity contribution in [3.8, 4) is 6.01 Å². The van der Waals surface area contributed by atoms with E-state index in [9.17, 15) is 4.79 Å². The molecular formula is C12H16N6O2S. The molecule has 8 nitrogen and oxygen atoms in total. The summed E-state index contributed by atoms with van der Waals surface area (Å²) in [6, 6.07) is 1.63. The molecule has 0 saturated carbocycles. The van der Waals surface area contributed by atoms with Crippen LogP contribution >= 0.6 is 11.8 Å². The van der Waals surface area contributed by atoms with E-state index in [1.807, 2.05) is 6.92 Å². The summed E-state index contributed by atoms with van der Waals surface area (Å²) in [7, 11) is 1.49. The van der Waals surface area contributed by atoms with Crippen LogP contribution < -0.4 is 15.6 Å². The minimum atomic E-state index is -0.213. The van der Waals surface area contributed by atoms with E-state index in [1.165, 1.54) is 13.2 Å². The Hall–Kier alpha value is -2.16. The molecule has 0 aromatic carbocycles. The quantitative estimate of drug-likeness (QED) is 0.768. The Bertz CT molecular complexity index is 675. The predicted molar refractivity (Wildman–Crippen MR) is 78.9 cm³/mol. The van der Waals surface area contributed by atoms with Crippen molar-refractivity contribution >= 4 is 17.7 Å². The molecule has 9 heteroatoms. The van der Waals surface area contributed by atoms with Crippen LogP contribution in [0.4, 0.5) is 5.95 Å². The molecule has 2 heterocycles. The van der Waals surface area contributed by atoms with E-state index in [2.05, 4.69) is 30.2 Å². The molecule has 0 aliphatic heterocycles. The minimum absolute atomic E-state index is 0.209. The van der Waals surface area contributed by atoms with Gasteiger partial charge in [0.15, 0.2) is 5.16 Å². The zero-order chi connectivity index (χ0) is 15.2. The van der Waals surface area contributed by atoms with Gasteiger partial charge in [-0.05, 0) is 25.1 Å². The zero-order valence-corrected chi connectivity index (χ0v) is 12.8. The van der Waals surface area contributed by atoms with Crippen LogP contribution in [0.25, 0.3) is 0 Å². The van der Waals surface area contributed by atoms with E-state index < -0.39 is 0 Å². The maximum atomic E-state index is 11.4. The van der Waals surface area contributed by atoms with E-state index in [0.717, 1.165) is 24.7 Å². The maximum absolute atomic E-state index is 11.4. The summed E-state index contributed by atoms with van der Waals surface area (Å²) in [4.78, 5) is 30.8. The van der Waals surface area contributed by atoms with Crippen LogP contribution in [0.1, 0.15) is 19.0 Å². The third-order valence-electron chi connectivity index (χ3n) is 2.35. The Balaban J connectivity index is 2.27. The predicted octanol–water partition coefficient (Wildman–Crippen LogP) is 1.25. The van der Waals surface area contributed by atoms with Gasteiger partial charge in [0.1, 0.15) is 0 Å². The number of aromatic amines is 1. The molecule has 2 aromatic heterocycles. The zero-order valence-electron chi connectivity index (χ0n) is 12.0. The van der Waals surface area contributed by atoms with E-state index in [-0.39, 0.29) is 11.6 Å². The Morgan fingerprint density at radius 1 is 1.33 bits per heavy atom. The molecule has 0 atom stereocenters. The number of nitrogens with one attached hydrogen (secondary N) is 2. The van der Waals surface area contributed by atoms with Crippen molar-refractivity contribution < 1.29 is 4.74 Å². The second-order valence-corrected chi connectivity index (χ2v) is 5.11. The molecule has 2 aromatic rings. The van der Waals surface area contributed by atoms with Gasteiger partial charge in [-0.1, -0.05) is 6.92 Å². The summed E-state index contributed by atoms with van der Waals surface area (Å²) in [6.07, 6.45) is 0.948. The average Bonchev–Trinajstić information content (AvgIpc) is 2.43. The molecule has 0 amide bonds. The Labute approximate surface area is 125 Å². The molecule has 0 spiro atoms. The molecule has 0 radical (unpaired) electrons. The van der Waals surface area contributed by atoms with Gasteiger partial charge in [0, 0.05) is 18.3 Å². The monoisotopic (exact) mass is 308 g/mol. The van der Waals surface area contributed by atoms with Gasteiger partial charge in [0.05, 0.1) is 7.11 Å². The lowest BCUT2D eigenvalue weighted by Gasteiger charge is -2.06. The molecule has 0 fully saturated rings. The molecule has 2 rings (SSSR count). The van der Waals surface area contributed by atoms with Crippen molar-refractivity contribution in [1.29, 1.82) is 0 Å². The van der Waals surface area contributed by atoms with Gasteiger partial charge < -0.3 is 15.0 Å². The second kappa shape index (κ2) is 7.02. The normalized spacial score (nSPS) is 10.4. The standard InChI is InChI=1S/C12H16N6O2S/c1-4-5-13-9-16-10(20-3)18-12(17-9)21-11-14-7(2)6-8(19)15-11/h6H,4-5H2,1-3H3,(H,14,15,19)(H,13,16,17,18). The highest BCUT2D eigenvalue weighted by Gasteiger charge is 2.10. The number of anilines is 1. The first-order valence-electron chi connectivity index (χ1n) is 6.40. The van der Waals surface area contributed by atoms with Crippen molar-refractivity contribution in [2.24, 2.45) is 0 Å². The highest BCUT2D eigenvalue weighted by atomic mass is 32.2. The average molecular weight is 308 g/mol. The van der Waals surface area contributed by atoms with E-state index in [1.54, 1.807) is 6.92 Å². The van der Waals surface area contributed by atoms with Crippen molar-refractivity contribution in [2.45, 2.75) is 30.6 Å². The highest BCUT2D eigenvalue weighted by molar-refractivity contribution is 7.99. The Morgan fingerprint density at radius 2 is 2.14 bits per heavy atom. The molecule has 0 bridgehead atoms. The van der Waals surface area contributed by atoms with Crippen LogP contribution in [0.3, 0.4) is 0 Å². The third-order valence-corrected chi connectivity index (χ3v) is 3.10. The first kappa shape index (κ1) is 15.2. The second-order valence-electron chi connectivity index (χ2n) is 4.15. The van der Waals surface area contributed by atoms with Gasteiger partial charge in [-0.15, -0.1) is 0 Å². The Kier molecular flexibility index (Phi) is 5.09. The minimum Gasteiger partial charge on any atom is -0.467 e. The number of rotatable bonds is 6. The first-order chi connectivity index (χ1) is 10.1. The molecule has 112 valence electrons. The van der Waals surface area contributed by atoms with Crippen LogP contribution in [-0.4, -0.2) is 38.6 Å². The molecule has 0 aliphatic carbocycles. The lowest BCUT2D eigenvalue weighted by atomic mass is 10.5. The van der Waals surface area contributed by atoms with Gasteiger partial charge in [0.25, 0.3) is 5.56 Å². The summed E-state index contributed by atoms with van der Waals surface area (Å²) in [5, 5.41) is 3.89. The number of H-pyrrole nitrogens is 1. The summed E-state index contributed by atoms with van der Waals surface area (Å²) in [5.41, 5.74) is 0.418. The largest absolute Gasteiger partial charge is 0.467 e. The molecular weight excluding hydrogens is 292 g/mol. The molecule has 0 unspecified atom stereocenters. The van der Waals surface area contributed by atoms with Crippen molar-refractivity contribution in [2.75, 3.05) is 19.0 Å². The number of hydrogen-bond donors (Lipinski definition) is 2. The Morgan fingerprint density at radius 3 is 2.81 bits per heavy atom. The topological polar surface area (TPSA) is 106 Å². The van der Waals surface area contributed by atoms with Gasteiger partial charge in [-0.25, -0.2) is 4.98 Å². The lowest BCUT2D eigenvalue weighted by Crippen LogP contribution is -2.09. The van der Waals surface area contributed by atoms with Gasteiger partial charge >= 0.3 is 6.01 Å². The number of aromatic nitrogens is 5. The fraction of sp³-hybridized carbons (Fsp3) is 0.417. The first-order valence-corrected chi connectivity index (χ1v) is 7.22. The number of ether oxygens (including phenoxy) is 1. The fourth-order valence-corrected chi connectivity index (χ4v) is 2.25. The van der Waals surface area contributed by atoms with Crippen molar-refractivity contribution in [1.82, 2.24) is 24.9 Å². The highest BCUT2D eigenvalue weighted by Crippen LogP contribution is 2.22. The molecule has 0 saturated heterocycles. The third kappa shape index (κ3) is 4.42. The number of aryl methyl sites for hydroxylation is 1. The van der Waals surface area contributed by atoms with Gasteiger partial charge in [0.2, 0.25) is 11.1 Å². The molecule has 0 aliphatic rings.